The van der Waals surface area contributed by atoms with Gasteiger partial charge >= 0.3 is 0 Å². The van der Waals surface area contributed by atoms with Gasteiger partial charge in [-0.3, -0.25) is 0 Å². The Morgan fingerprint density at radius 3 is 2.20 bits per heavy atom. The van der Waals surface area contributed by atoms with Crippen LogP contribution in [-0.4, -0.2) is 27.9 Å². The summed E-state index contributed by atoms with van der Waals surface area (Å²) in [6, 6.07) is 3.92. The van der Waals surface area contributed by atoms with Crippen molar-refractivity contribution in [3.63, 3.8) is 0 Å². The van der Waals surface area contributed by atoms with E-state index in [2.05, 4.69) is 18.2 Å². The number of hydrogen-bond acceptors (Lipinski definition) is 4. The molecule has 0 amide bonds. The van der Waals surface area contributed by atoms with Crippen LogP contribution in [0.15, 0.2) is 12.1 Å². The molecule has 1 unspecified atom stereocenters. The van der Waals surface area contributed by atoms with Gasteiger partial charge in [0, 0.05) is 24.1 Å². The van der Waals surface area contributed by atoms with Crippen molar-refractivity contribution in [2.24, 2.45) is 0 Å². The molecule has 0 aromatic heterocycles. The van der Waals surface area contributed by atoms with E-state index in [0.29, 0.717) is 17.9 Å². The second-order valence-electron chi connectivity index (χ2n) is 4.30. The van der Waals surface area contributed by atoms with Crippen molar-refractivity contribution in [2.45, 2.75) is 25.8 Å². The summed E-state index contributed by atoms with van der Waals surface area (Å²) < 4.78 is 16.1. The van der Waals surface area contributed by atoms with Crippen LogP contribution < -0.4 is 19.5 Å². The van der Waals surface area contributed by atoms with Crippen molar-refractivity contribution in [2.75, 3.05) is 27.9 Å². The first kappa shape index (κ1) is 16.2. The number of benzene rings is 1. The van der Waals surface area contributed by atoms with Crippen LogP contribution in [0.2, 0.25) is 0 Å². The van der Waals surface area contributed by atoms with E-state index in [1.165, 1.54) is 0 Å². The Morgan fingerprint density at radius 2 is 1.70 bits per heavy atom. The zero-order valence-electron chi connectivity index (χ0n) is 12.7. The van der Waals surface area contributed by atoms with E-state index in [0.717, 1.165) is 24.3 Å². The molecule has 1 aromatic carbocycles. The molecule has 4 heteroatoms. The molecule has 0 aliphatic heterocycles. The molecule has 4 nitrogen and oxygen atoms in total. The van der Waals surface area contributed by atoms with E-state index in [9.17, 15) is 0 Å². The van der Waals surface area contributed by atoms with Gasteiger partial charge in [0.2, 0.25) is 0 Å². The van der Waals surface area contributed by atoms with E-state index in [4.69, 9.17) is 20.6 Å². The highest BCUT2D eigenvalue weighted by atomic mass is 16.5. The van der Waals surface area contributed by atoms with Crippen LogP contribution >= 0.6 is 0 Å². The molecule has 0 saturated heterocycles. The lowest BCUT2D eigenvalue weighted by atomic mass is 10.00. The first-order chi connectivity index (χ1) is 9.71. The smallest absolute Gasteiger partial charge is 0.164 e. The summed E-state index contributed by atoms with van der Waals surface area (Å²) in [6.45, 7) is 2.92. The molecule has 0 bridgehead atoms. The van der Waals surface area contributed by atoms with Gasteiger partial charge in [0.15, 0.2) is 11.5 Å². The summed E-state index contributed by atoms with van der Waals surface area (Å²) in [5.74, 6) is 4.79. The maximum absolute atomic E-state index is 5.47. The fourth-order valence-corrected chi connectivity index (χ4v) is 2.17. The van der Waals surface area contributed by atoms with Gasteiger partial charge in [-0.05, 0) is 19.0 Å². The predicted octanol–water partition coefficient (Wildman–Crippen LogP) is 2.78. The summed E-state index contributed by atoms with van der Waals surface area (Å²) in [4.78, 5) is 0. The predicted molar refractivity (Wildman–Crippen MR) is 80.6 cm³/mol. The Hall–Kier alpha value is -1.86. The van der Waals surface area contributed by atoms with Crippen LogP contribution in [0.3, 0.4) is 0 Å². The summed E-state index contributed by atoms with van der Waals surface area (Å²) >= 11 is 0. The van der Waals surface area contributed by atoms with Crippen molar-refractivity contribution in [1.29, 1.82) is 0 Å². The first-order valence-electron chi connectivity index (χ1n) is 6.68. The molecule has 0 aliphatic rings. The minimum Gasteiger partial charge on any atom is -0.496 e. The molecule has 1 atom stereocenters. The number of ether oxygens (including phenoxy) is 3. The second-order valence-corrected chi connectivity index (χ2v) is 4.30. The molecule has 0 aliphatic carbocycles. The third-order valence-corrected chi connectivity index (χ3v) is 3.14. The maximum atomic E-state index is 5.47. The Kier molecular flexibility index (Phi) is 6.75. The van der Waals surface area contributed by atoms with E-state index in [1.807, 2.05) is 12.1 Å². The fraction of sp³-hybridized carbons (Fsp3) is 0.500. The van der Waals surface area contributed by atoms with Crippen molar-refractivity contribution >= 4 is 0 Å². The highest BCUT2D eigenvalue weighted by Crippen LogP contribution is 2.38. The van der Waals surface area contributed by atoms with E-state index in [-0.39, 0.29) is 6.04 Å². The molecule has 1 rings (SSSR count). The number of terminal acetylenes is 1. The van der Waals surface area contributed by atoms with Crippen molar-refractivity contribution < 1.29 is 14.2 Å². The summed E-state index contributed by atoms with van der Waals surface area (Å²) in [5, 5.41) is 3.43. The molecular formula is C16H23NO3. The van der Waals surface area contributed by atoms with E-state index in [1.54, 1.807) is 21.3 Å². The SMILES string of the molecule is C#CCCC(NCC)c1cc(OC)c(OC)cc1OC. The van der Waals surface area contributed by atoms with Gasteiger partial charge in [-0.25, -0.2) is 0 Å². The lowest BCUT2D eigenvalue weighted by Gasteiger charge is -2.22. The third kappa shape index (κ3) is 3.82. The minimum absolute atomic E-state index is 0.130. The van der Waals surface area contributed by atoms with Gasteiger partial charge in [0.1, 0.15) is 5.75 Å². The van der Waals surface area contributed by atoms with Crippen LogP contribution in [0.4, 0.5) is 0 Å². The van der Waals surface area contributed by atoms with Crippen LogP contribution in [0.1, 0.15) is 31.4 Å². The van der Waals surface area contributed by atoms with Crippen LogP contribution in [0, 0.1) is 12.3 Å². The Morgan fingerprint density at radius 1 is 1.10 bits per heavy atom. The number of nitrogens with one attached hydrogen (secondary N) is 1. The lowest BCUT2D eigenvalue weighted by Crippen LogP contribution is -2.21. The standard InChI is InChI=1S/C16H23NO3/c1-6-8-9-13(17-7-2)12-10-15(19-4)16(20-5)11-14(12)18-3/h1,10-11,13,17H,7-9H2,2-5H3. The largest absolute Gasteiger partial charge is 0.496 e. The third-order valence-electron chi connectivity index (χ3n) is 3.14. The molecule has 110 valence electrons. The van der Waals surface area contributed by atoms with E-state index < -0.39 is 0 Å². The normalized spacial score (nSPS) is 11.6. The van der Waals surface area contributed by atoms with Crippen LogP contribution in [-0.2, 0) is 0 Å². The molecule has 0 saturated carbocycles. The monoisotopic (exact) mass is 277 g/mol. The molecule has 1 aromatic rings. The van der Waals surface area contributed by atoms with Crippen LogP contribution in [0.25, 0.3) is 0 Å². The topological polar surface area (TPSA) is 39.7 Å². The van der Waals surface area contributed by atoms with Gasteiger partial charge in [-0.2, -0.15) is 0 Å². The van der Waals surface area contributed by atoms with Crippen molar-refractivity contribution in [3.05, 3.63) is 17.7 Å². The minimum atomic E-state index is 0.130. The average molecular weight is 277 g/mol. The van der Waals surface area contributed by atoms with Crippen LogP contribution in [0.5, 0.6) is 17.2 Å². The van der Waals surface area contributed by atoms with Gasteiger partial charge < -0.3 is 19.5 Å². The summed E-state index contributed by atoms with van der Waals surface area (Å²) in [5.41, 5.74) is 1.03. The number of rotatable bonds is 8. The molecule has 1 N–H and O–H groups in total. The highest BCUT2D eigenvalue weighted by Gasteiger charge is 2.19. The molecule has 0 fully saturated rings. The molecule has 20 heavy (non-hydrogen) atoms. The Labute approximate surface area is 121 Å². The quantitative estimate of drug-likeness (QED) is 0.742. The van der Waals surface area contributed by atoms with Crippen molar-refractivity contribution in [1.82, 2.24) is 5.32 Å². The van der Waals surface area contributed by atoms with E-state index >= 15 is 0 Å². The molecular weight excluding hydrogens is 254 g/mol. The fourth-order valence-electron chi connectivity index (χ4n) is 2.17. The molecule has 0 heterocycles. The zero-order chi connectivity index (χ0) is 15.0. The maximum Gasteiger partial charge on any atom is 0.164 e. The summed E-state index contributed by atoms with van der Waals surface area (Å²) in [6.07, 6.45) is 6.92. The van der Waals surface area contributed by atoms with Gasteiger partial charge in [-0.15, -0.1) is 12.3 Å². The van der Waals surface area contributed by atoms with Gasteiger partial charge in [0.05, 0.1) is 21.3 Å². The van der Waals surface area contributed by atoms with Crippen molar-refractivity contribution in [3.8, 4) is 29.6 Å². The second kappa shape index (κ2) is 8.34. The highest BCUT2D eigenvalue weighted by molar-refractivity contribution is 5.51. The van der Waals surface area contributed by atoms with Gasteiger partial charge in [0.25, 0.3) is 0 Å². The Bertz CT molecular complexity index is 466. The molecule has 0 radical (unpaired) electrons. The average Bonchev–Trinajstić information content (AvgIpc) is 2.50. The Balaban J connectivity index is 3.20. The first-order valence-corrected chi connectivity index (χ1v) is 6.68. The number of methoxy groups -OCH3 is 3. The van der Waals surface area contributed by atoms with Gasteiger partial charge in [-0.1, -0.05) is 6.92 Å². The zero-order valence-corrected chi connectivity index (χ0v) is 12.7. The summed E-state index contributed by atoms with van der Waals surface area (Å²) in [7, 11) is 4.88. The lowest BCUT2D eigenvalue weighted by molar-refractivity contribution is 0.344. The number of hydrogen-bond donors (Lipinski definition) is 1. The molecule has 0 spiro atoms.